The molecule has 2 heterocycles. The molecule has 1 atom stereocenters. The van der Waals surface area contributed by atoms with Crippen LogP contribution >= 0.6 is 11.3 Å². The second-order valence-corrected chi connectivity index (χ2v) is 5.89. The standard InChI is InChI=1S/C14H17F2N3O2S/c1-8-6-10(3)19(18-8)7-9(2)17-13(20)12-11(4-5-22-12)21-14(15)16/h4-6,9,14H,7H2,1-3H3,(H,17,20)/t9-/m1/s1. The number of hydrogen-bond acceptors (Lipinski definition) is 4. The van der Waals surface area contributed by atoms with Crippen LogP contribution in [0.2, 0.25) is 0 Å². The van der Waals surface area contributed by atoms with Crippen LogP contribution in [0.5, 0.6) is 5.75 Å². The molecule has 0 aromatic carbocycles. The predicted octanol–water partition coefficient (Wildman–Crippen LogP) is 2.98. The summed E-state index contributed by atoms with van der Waals surface area (Å²) in [5.74, 6) is -0.532. The minimum Gasteiger partial charge on any atom is -0.433 e. The van der Waals surface area contributed by atoms with E-state index in [2.05, 4.69) is 15.2 Å². The largest absolute Gasteiger partial charge is 0.433 e. The smallest absolute Gasteiger partial charge is 0.387 e. The first-order valence-corrected chi connectivity index (χ1v) is 7.59. The van der Waals surface area contributed by atoms with Gasteiger partial charge in [-0.3, -0.25) is 9.48 Å². The van der Waals surface area contributed by atoms with Crippen molar-refractivity contribution in [3.63, 3.8) is 0 Å². The monoisotopic (exact) mass is 329 g/mol. The molecule has 8 heteroatoms. The van der Waals surface area contributed by atoms with Gasteiger partial charge in [-0.15, -0.1) is 11.3 Å². The second kappa shape index (κ2) is 6.87. The Kier molecular flexibility index (Phi) is 5.12. The molecule has 0 saturated heterocycles. The number of hydrogen-bond donors (Lipinski definition) is 1. The molecule has 0 unspecified atom stereocenters. The minimum absolute atomic E-state index is 0.101. The summed E-state index contributed by atoms with van der Waals surface area (Å²) in [6.07, 6.45) is 0. The van der Waals surface area contributed by atoms with Gasteiger partial charge in [0.15, 0.2) is 0 Å². The van der Waals surface area contributed by atoms with E-state index in [1.165, 1.54) is 11.4 Å². The molecular weight excluding hydrogens is 312 g/mol. The van der Waals surface area contributed by atoms with Gasteiger partial charge in [0, 0.05) is 11.7 Å². The van der Waals surface area contributed by atoms with Crippen LogP contribution in [0.15, 0.2) is 17.5 Å². The Morgan fingerprint density at radius 2 is 2.23 bits per heavy atom. The average Bonchev–Trinajstić information content (AvgIpc) is 2.96. The van der Waals surface area contributed by atoms with Crippen molar-refractivity contribution in [2.45, 2.75) is 40.0 Å². The van der Waals surface area contributed by atoms with E-state index in [-0.39, 0.29) is 16.7 Å². The summed E-state index contributed by atoms with van der Waals surface area (Å²) < 4.78 is 30.7. The van der Waals surface area contributed by atoms with Crippen LogP contribution in [-0.2, 0) is 6.54 Å². The zero-order chi connectivity index (χ0) is 16.3. The highest BCUT2D eigenvalue weighted by atomic mass is 32.1. The van der Waals surface area contributed by atoms with E-state index < -0.39 is 12.5 Å². The van der Waals surface area contributed by atoms with Gasteiger partial charge in [0.2, 0.25) is 0 Å². The summed E-state index contributed by atoms with van der Waals surface area (Å²) in [4.78, 5) is 12.3. The highest BCUT2D eigenvalue weighted by molar-refractivity contribution is 7.12. The summed E-state index contributed by atoms with van der Waals surface area (Å²) in [5, 5.41) is 8.63. The molecule has 2 aromatic rings. The topological polar surface area (TPSA) is 56.2 Å². The van der Waals surface area contributed by atoms with Gasteiger partial charge in [0.05, 0.1) is 12.2 Å². The van der Waals surface area contributed by atoms with Gasteiger partial charge in [-0.05, 0) is 38.3 Å². The van der Waals surface area contributed by atoms with Crippen LogP contribution in [0.1, 0.15) is 28.0 Å². The first kappa shape index (κ1) is 16.4. The summed E-state index contributed by atoms with van der Waals surface area (Å²) >= 11 is 1.06. The number of nitrogens with one attached hydrogen (secondary N) is 1. The van der Waals surface area contributed by atoms with E-state index >= 15 is 0 Å². The van der Waals surface area contributed by atoms with Crippen molar-refractivity contribution in [1.82, 2.24) is 15.1 Å². The highest BCUT2D eigenvalue weighted by Crippen LogP contribution is 2.26. The Hall–Kier alpha value is -1.96. The third-order valence-corrected chi connectivity index (χ3v) is 3.87. The third kappa shape index (κ3) is 4.03. The van der Waals surface area contributed by atoms with Gasteiger partial charge in [-0.2, -0.15) is 13.9 Å². The molecule has 1 amide bonds. The maximum absolute atomic E-state index is 12.3. The van der Waals surface area contributed by atoms with Gasteiger partial charge in [-0.1, -0.05) is 0 Å². The number of amides is 1. The lowest BCUT2D eigenvalue weighted by Gasteiger charge is -2.15. The Morgan fingerprint density at radius 3 is 2.82 bits per heavy atom. The number of halogens is 2. The lowest BCUT2D eigenvalue weighted by atomic mass is 10.3. The molecule has 0 aliphatic carbocycles. The Bertz CT molecular complexity index is 654. The maximum atomic E-state index is 12.3. The van der Waals surface area contributed by atoms with Gasteiger partial charge < -0.3 is 10.1 Å². The van der Waals surface area contributed by atoms with Crippen LogP contribution in [0.3, 0.4) is 0 Å². The normalized spacial score (nSPS) is 12.5. The molecule has 1 N–H and O–H groups in total. The van der Waals surface area contributed by atoms with Gasteiger partial charge >= 0.3 is 6.61 Å². The van der Waals surface area contributed by atoms with E-state index in [0.29, 0.717) is 6.54 Å². The molecule has 0 aliphatic heterocycles. The number of thiophene rings is 1. The zero-order valence-corrected chi connectivity index (χ0v) is 13.3. The highest BCUT2D eigenvalue weighted by Gasteiger charge is 2.19. The van der Waals surface area contributed by atoms with Crippen molar-refractivity contribution in [1.29, 1.82) is 0 Å². The zero-order valence-electron chi connectivity index (χ0n) is 12.5. The average molecular weight is 329 g/mol. The first-order chi connectivity index (χ1) is 10.4. The maximum Gasteiger partial charge on any atom is 0.387 e. The number of aryl methyl sites for hydroxylation is 2. The fraction of sp³-hybridized carbons (Fsp3) is 0.429. The number of aromatic nitrogens is 2. The number of ether oxygens (including phenoxy) is 1. The van der Waals surface area contributed by atoms with Crippen LogP contribution < -0.4 is 10.1 Å². The fourth-order valence-corrected chi connectivity index (χ4v) is 2.83. The quantitative estimate of drug-likeness (QED) is 0.886. The molecule has 0 spiro atoms. The summed E-state index contributed by atoms with van der Waals surface area (Å²) in [5.41, 5.74) is 1.90. The molecule has 0 saturated carbocycles. The van der Waals surface area contributed by atoms with Crippen molar-refractivity contribution in [3.05, 3.63) is 33.8 Å². The number of carbonyl (C=O) groups excluding carboxylic acids is 1. The first-order valence-electron chi connectivity index (χ1n) is 6.71. The summed E-state index contributed by atoms with van der Waals surface area (Å²) in [6, 6.07) is 3.10. The Labute approximate surface area is 130 Å². The van der Waals surface area contributed by atoms with E-state index in [1.54, 1.807) is 4.68 Å². The van der Waals surface area contributed by atoms with Crippen molar-refractivity contribution in [3.8, 4) is 5.75 Å². The van der Waals surface area contributed by atoms with E-state index in [1.807, 2.05) is 26.8 Å². The second-order valence-electron chi connectivity index (χ2n) is 4.98. The molecule has 0 aliphatic rings. The van der Waals surface area contributed by atoms with Gasteiger partial charge in [0.25, 0.3) is 5.91 Å². The number of nitrogens with zero attached hydrogens (tertiary/aromatic N) is 2. The van der Waals surface area contributed by atoms with Crippen LogP contribution in [-0.4, -0.2) is 28.3 Å². The van der Waals surface area contributed by atoms with Gasteiger partial charge in [0.1, 0.15) is 10.6 Å². The van der Waals surface area contributed by atoms with Crippen molar-refractivity contribution in [2.24, 2.45) is 0 Å². The van der Waals surface area contributed by atoms with Crippen molar-refractivity contribution < 1.29 is 18.3 Å². The van der Waals surface area contributed by atoms with Crippen molar-refractivity contribution >= 4 is 17.2 Å². The molecule has 5 nitrogen and oxygen atoms in total. The molecule has 0 fully saturated rings. The Morgan fingerprint density at radius 1 is 1.50 bits per heavy atom. The molecule has 2 aromatic heterocycles. The van der Waals surface area contributed by atoms with E-state index in [9.17, 15) is 13.6 Å². The molecular formula is C14H17F2N3O2S. The Balaban J connectivity index is 1.99. The summed E-state index contributed by atoms with van der Waals surface area (Å²) in [6.45, 7) is 3.21. The fourth-order valence-electron chi connectivity index (χ4n) is 2.11. The predicted molar refractivity (Wildman–Crippen MR) is 79.6 cm³/mol. The van der Waals surface area contributed by atoms with Gasteiger partial charge in [-0.25, -0.2) is 0 Å². The molecule has 0 radical (unpaired) electrons. The number of alkyl halides is 2. The lowest BCUT2D eigenvalue weighted by Crippen LogP contribution is -2.36. The SMILES string of the molecule is Cc1cc(C)n(C[C@@H](C)NC(=O)c2sccc2OC(F)F)n1. The third-order valence-electron chi connectivity index (χ3n) is 2.98. The number of rotatable bonds is 6. The van der Waals surface area contributed by atoms with Crippen LogP contribution in [0.25, 0.3) is 0 Å². The minimum atomic E-state index is -2.95. The summed E-state index contributed by atoms with van der Waals surface area (Å²) in [7, 11) is 0. The van der Waals surface area contributed by atoms with Crippen LogP contribution in [0.4, 0.5) is 8.78 Å². The van der Waals surface area contributed by atoms with E-state index in [4.69, 9.17) is 0 Å². The molecule has 0 bridgehead atoms. The van der Waals surface area contributed by atoms with Crippen LogP contribution in [0, 0.1) is 13.8 Å². The number of carbonyl (C=O) groups is 1. The molecule has 120 valence electrons. The molecule has 22 heavy (non-hydrogen) atoms. The van der Waals surface area contributed by atoms with E-state index in [0.717, 1.165) is 22.7 Å². The lowest BCUT2D eigenvalue weighted by molar-refractivity contribution is -0.0498. The molecule has 2 rings (SSSR count). The van der Waals surface area contributed by atoms with Crippen molar-refractivity contribution in [2.75, 3.05) is 0 Å².